The number of carboxylic acids is 1. The number of carboxylic acid groups (broad SMARTS) is 1. The van der Waals surface area contributed by atoms with Gasteiger partial charge in [-0.3, -0.25) is 9.78 Å². The molecule has 9 heteroatoms. The van der Waals surface area contributed by atoms with E-state index in [0.29, 0.717) is 31.5 Å². The minimum absolute atomic E-state index is 0.177. The minimum atomic E-state index is -1.08. The molecule has 1 atom stereocenters. The van der Waals surface area contributed by atoms with Gasteiger partial charge in [-0.25, -0.2) is 9.59 Å². The number of alkyl carbamates (subject to hydrolysis) is 1. The summed E-state index contributed by atoms with van der Waals surface area (Å²) in [5, 5.41) is 17.9. The number of rotatable bonds is 13. The van der Waals surface area contributed by atoms with E-state index in [1.54, 1.807) is 30.5 Å². The van der Waals surface area contributed by atoms with Crippen LogP contribution in [0, 0.1) is 0 Å². The first kappa shape index (κ1) is 26.4. The van der Waals surface area contributed by atoms with E-state index >= 15 is 0 Å². The highest BCUT2D eigenvalue weighted by molar-refractivity contribution is 5.96. The van der Waals surface area contributed by atoms with Crippen molar-refractivity contribution in [2.75, 3.05) is 6.54 Å². The molecule has 9 nitrogen and oxygen atoms in total. The Hall–Kier alpha value is -4.24. The van der Waals surface area contributed by atoms with Gasteiger partial charge >= 0.3 is 12.1 Å². The van der Waals surface area contributed by atoms with Gasteiger partial charge in [-0.15, -0.1) is 0 Å². The van der Waals surface area contributed by atoms with Crippen LogP contribution in [0.15, 0.2) is 79.0 Å². The Morgan fingerprint density at radius 2 is 1.64 bits per heavy atom. The lowest BCUT2D eigenvalue weighted by atomic mass is 10.1. The zero-order chi connectivity index (χ0) is 25.6. The monoisotopic (exact) mass is 490 g/mol. The Morgan fingerprint density at radius 1 is 0.889 bits per heavy atom. The predicted molar refractivity (Wildman–Crippen MR) is 134 cm³/mol. The number of carbonyl (C=O) groups is 3. The second kappa shape index (κ2) is 14.2. The second-order valence-corrected chi connectivity index (χ2v) is 8.12. The minimum Gasteiger partial charge on any atom is -0.480 e. The van der Waals surface area contributed by atoms with E-state index in [1.807, 2.05) is 48.5 Å². The van der Waals surface area contributed by atoms with Crippen molar-refractivity contribution in [1.29, 1.82) is 0 Å². The van der Waals surface area contributed by atoms with E-state index in [4.69, 9.17) is 4.74 Å². The molecule has 0 unspecified atom stereocenters. The summed E-state index contributed by atoms with van der Waals surface area (Å²) in [7, 11) is 0. The van der Waals surface area contributed by atoms with Gasteiger partial charge in [0.05, 0.1) is 5.69 Å². The van der Waals surface area contributed by atoms with Gasteiger partial charge in [0.1, 0.15) is 12.6 Å². The van der Waals surface area contributed by atoms with Gasteiger partial charge < -0.3 is 25.8 Å². The van der Waals surface area contributed by atoms with Crippen molar-refractivity contribution in [3.63, 3.8) is 0 Å². The Labute approximate surface area is 209 Å². The van der Waals surface area contributed by atoms with Crippen molar-refractivity contribution in [2.45, 2.75) is 38.6 Å². The molecule has 0 radical (unpaired) electrons. The number of pyridine rings is 1. The average molecular weight is 491 g/mol. The van der Waals surface area contributed by atoms with Crippen LogP contribution in [-0.2, 0) is 29.2 Å². The number of nitrogens with zero attached hydrogens (tertiary/aromatic N) is 1. The quantitative estimate of drug-likeness (QED) is 0.271. The van der Waals surface area contributed by atoms with Crippen LogP contribution < -0.4 is 16.0 Å². The van der Waals surface area contributed by atoms with Gasteiger partial charge in [-0.2, -0.15) is 0 Å². The maximum absolute atomic E-state index is 12.5. The van der Waals surface area contributed by atoms with Crippen LogP contribution in [0.25, 0.3) is 0 Å². The number of carbonyl (C=O) groups excluding carboxylic acids is 2. The van der Waals surface area contributed by atoms with Gasteiger partial charge in [0, 0.05) is 24.8 Å². The Morgan fingerprint density at radius 3 is 2.33 bits per heavy atom. The largest absolute Gasteiger partial charge is 0.480 e. The first-order valence-corrected chi connectivity index (χ1v) is 11.7. The van der Waals surface area contributed by atoms with Crippen LogP contribution in [-0.4, -0.2) is 40.6 Å². The summed E-state index contributed by atoms with van der Waals surface area (Å²) in [6.07, 6.45) is 2.05. The number of amides is 2. The van der Waals surface area contributed by atoms with Crippen molar-refractivity contribution in [1.82, 2.24) is 20.9 Å². The number of hydrogen-bond acceptors (Lipinski definition) is 6. The normalized spacial score (nSPS) is 11.3. The Bertz CT molecular complexity index is 1110. The van der Waals surface area contributed by atoms with Gasteiger partial charge in [0.2, 0.25) is 0 Å². The molecule has 0 bridgehead atoms. The van der Waals surface area contributed by atoms with Gasteiger partial charge in [0.25, 0.3) is 5.91 Å². The van der Waals surface area contributed by atoms with Gasteiger partial charge in [-0.05, 0) is 54.8 Å². The molecule has 0 spiro atoms. The van der Waals surface area contributed by atoms with Crippen LogP contribution >= 0.6 is 0 Å². The van der Waals surface area contributed by atoms with Crippen molar-refractivity contribution in [3.05, 3.63) is 101 Å². The topological polar surface area (TPSA) is 130 Å². The lowest BCUT2D eigenvalue weighted by molar-refractivity contribution is -0.139. The molecule has 0 aliphatic rings. The molecule has 0 saturated heterocycles. The Kier molecular flexibility index (Phi) is 10.4. The summed E-state index contributed by atoms with van der Waals surface area (Å²) in [6.45, 7) is 1.61. The molecule has 4 N–H and O–H groups in total. The smallest absolute Gasteiger partial charge is 0.407 e. The van der Waals surface area contributed by atoms with Crippen molar-refractivity contribution < 1.29 is 24.2 Å². The third kappa shape index (κ3) is 9.19. The summed E-state index contributed by atoms with van der Waals surface area (Å²) in [5.41, 5.74) is 2.91. The number of aromatic nitrogens is 1. The first-order chi connectivity index (χ1) is 17.5. The molecule has 3 rings (SSSR count). The fraction of sp³-hybridized carbons (Fsp3) is 0.259. The maximum Gasteiger partial charge on any atom is 0.407 e. The van der Waals surface area contributed by atoms with E-state index in [9.17, 15) is 19.5 Å². The highest BCUT2D eigenvalue weighted by Gasteiger charge is 2.20. The van der Waals surface area contributed by atoms with E-state index in [2.05, 4.69) is 20.9 Å². The molecule has 1 heterocycles. The fourth-order valence-electron chi connectivity index (χ4n) is 3.37. The molecular weight excluding hydrogens is 460 g/mol. The second-order valence-electron chi connectivity index (χ2n) is 8.12. The molecule has 36 heavy (non-hydrogen) atoms. The SMILES string of the molecule is O=C(NCc1ccc(C(=O)N[C@@H](CCCNCc2ccccn2)C(=O)O)cc1)OCc1ccccc1. The number of nitrogens with one attached hydrogen (secondary N) is 3. The molecule has 2 amide bonds. The Balaban J connectivity index is 1.38. The van der Waals surface area contributed by atoms with E-state index in [0.717, 1.165) is 16.8 Å². The van der Waals surface area contributed by atoms with E-state index in [-0.39, 0.29) is 13.2 Å². The highest BCUT2D eigenvalue weighted by atomic mass is 16.5. The van der Waals surface area contributed by atoms with Gasteiger partial charge in [0.15, 0.2) is 0 Å². The molecule has 1 aromatic heterocycles. The van der Waals surface area contributed by atoms with Crippen LogP contribution in [0.1, 0.15) is 40.0 Å². The van der Waals surface area contributed by atoms with Crippen LogP contribution in [0.5, 0.6) is 0 Å². The fourth-order valence-corrected chi connectivity index (χ4v) is 3.37. The van der Waals surface area contributed by atoms with Crippen molar-refractivity contribution in [3.8, 4) is 0 Å². The molecule has 0 saturated carbocycles. The molecular formula is C27H30N4O5. The molecule has 0 aliphatic carbocycles. The van der Waals surface area contributed by atoms with Crippen LogP contribution in [0.2, 0.25) is 0 Å². The number of ether oxygens (including phenoxy) is 1. The van der Waals surface area contributed by atoms with E-state index in [1.165, 1.54) is 0 Å². The summed E-state index contributed by atoms with van der Waals surface area (Å²) < 4.78 is 5.17. The molecule has 2 aromatic carbocycles. The lowest BCUT2D eigenvalue weighted by Crippen LogP contribution is -2.41. The maximum atomic E-state index is 12.5. The zero-order valence-corrected chi connectivity index (χ0v) is 19.9. The molecule has 3 aromatic rings. The van der Waals surface area contributed by atoms with Crippen LogP contribution in [0.4, 0.5) is 4.79 Å². The standard InChI is InChI=1S/C27H30N4O5/c32-25(31-24(26(33)34)10-6-15-28-18-23-9-4-5-16-29-23)22-13-11-20(12-14-22)17-30-27(35)36-19-21-7-2-1-3-8-21/h1-5,7-9,11-14,16,24,28H,6,10,15,17-19H2,(H,30,35)(H,31,32)(H,33,34)/t24-/m0/s1. The van der Waals surface area contributed by atoms with Crippen molar-refractivity contribution in [2.24, 2.45) is 0 Å². The summed E-state index contributed by atoms with van der Waals surface area (Å²) in [4.78, 5) is 40.3. The van der Waals surface area contributed by atoms with Crippen LogP contribution in [0.3, 0.4) is 0 Å². The van der Waals surface area contributed by atoms with Gasteiger partial charge in [-0.1, -0.05) is 48.5 Å². The number of aliphatic carboxylic acids is 1. The summed E-state index contributed by atoms with van der Waals surface area (Å²) in [5.74, 6) is -1.55. The average Bonchev–Trinajstić information content (AvgIpc) is 2.91. The lowest BCUT2D eigenvalue weighted by Gasteiger charge is -2.15. The summed E-state index contributed by atoms with van der Waals surface area (Å²) >= 11 is 0. The van der Waals surface area contributed by atoms with E-state index < -0.39 is 24.0 Å². The first-order valence-electron chi connectivity index (χ1n) is 11.7. The zero-order valence-electron chi connectivity index (χ0n) is 19.9. The number of benzene rings is 2. The highest BCUT2D eigenvalue weighted by Crippen LogP contribution is 2.07. The number of hydrogen-bond donors (Lipinski definition) is 4. The predicted octanol–water partition coefficient (Wildman–Crippen LogP) is 3.26. The molecule has 188 valence electrons. The summed E-state index contributed by atoms with van der Waals surface area (Å²) in [6, 6.07) is 20.6. The molecule has 0 fully saturated rings. The third-order valence-electron chi connectivity index (χ3n) is 5.35. The molecule has 0 aliphatic heterocycles. The van der Waals surface area contributed by atoms with Crippen molar-refractivity contribution >= 4 is 18.0 Å². The third-order valence-corrected chi connectivity index (χ3v) is 5.35.